The lowest BCUT2D eigenvalue weighted by atomic mass is 10.2. The predicted molar refractivity (Wildman–Crippen MR) is 110 cm³/mol. The van der Waals surface area contributed by atoms with Crippen LogP contribution < -0.4 is 5.32 Å². The molecule has 0 atom stereocenters. The van der Waals surface area contributed by atoms with Gasteiger partial charge in [-0.2, -0.15) is 13.2 Å². The van der Waals surface area contributed by atoms with Gasteiger partial charge >= 0.3 is 6.18 Å². The Morgan fingerprint density at radius 1 is 1.15 bits per heavy atom. The van der Waals surface area contributed by atoms with E-state index in [0.29, 0.717) is 12.5 Å². The van der Waals surface area contributed by atoms with Crippen LogP contribution in [0.1, 0.15) is 18.9 Å². The molecule has 2 rings (SSSR count). The molecule has 0 bridgehead atoms. The third kappa shape index (κ3) is 8.30. The quantitative estimate of drug-likeness (QED) is 0.374. The van der Waals surface area contributed by atoms with E-state index in [0.717, 1.165) is 37.7 Å². The molecule has 0 saturated carbocycles. The Bertz CT molecular complexity index is 558. The Morgan fingerprint density at radius 3 is 2.31 bits per heavy atom. The number of rotatable bonds is 5. The summed E-state index contributed by atoms with van der Waals surface area (Å²) in [6.45, 7) is 6.31. The first kappa shape index (κ1) is 23.3. The highest BCUT2D eigenvalue weighted by molar-refractivity contribution is 14.0. The highest BCUT2D eigenvalue weighted by atomic mass is 127. The van der Waals surface area contributed by atoms with Gasteiger partial charge in [0.05, 0.1) is 13.0 Å². The van der Waals surface area contributed by atoms with Crippen LogP contribution in [-0.2, 0) is 6.54 Å². The maximum atomic E-state index is 12.3. The Balaban J connectivity index is 0.00000338. The lowest BCUT2D eigenvalue weighted by Gasteiger charge is -2.36. The first-order valence-corrected chi connectivity index (χ1v) is 8.82. The van der Waals surface area contributed by atoms with E-state index in [1.165, 1.54) is 5.56 Å². The second kappa shape index (κ2) is 11.2. The lowest BCUT2D eigenvalue weighted by Crippen LogP contribution is -2.52. The Labute approximate surface area is 174 Å². The van der Waals surface area contributed by atoms with Gasteiger partial charge in [0.2, 0.25) is 0 Å². The van der Waals surface area contributed by atoms with Crippen LogP contribution >= 0.6 is 35.6 Å². The molecule has 148 valence electrons. The van der Waals surface area contributed by atoms with E-state index < -0.39 is 12.6 Å². The fraction of sp³-hybridized carbons (Fsp3) is 0.588. The van der Waals surface area contributed by atoms with Crippen molar-refractivity contribution in [3.05, 3.63) is 34.9 Å². The number of aliphatic imine (C=N–C) groups is 1. The molecule has 1 aliphatic rings. The van der Waals surface area contributed by atoms with Gasteiger partial charge in [-0.15, -0.1) is 24.0 Å². The summed E-state index contributed by atoms with van der Waals surface area (Å²) in [6, 6.07) is 7.78. The second-order valence-corrected chi connectivity index (χ2v) is 6.43. The zero-order valence-electron chi connectivity index (χ0n) is 14.7. The molecule has 0 amide bonds. The topological polar surface area (TPSA) is 30.9 Å². The molecule has 0 aliphatic carbocycles. The highest BCUT2D eigenvalue weighted by Gasteiger charge is 2.26. The first-order chi connectivity index (χ1) is 11.9. The Kier molecular flexibility index (Phi) is 10.0. The van der Waals surface area contributed by atoms with Crippen molar-refractivity contribution in [3.8, 4) is 0 Å². The third-order valence-corrected chi connectivity index (χ3v) is 4.23. The summed E-state index contributed by atoms with van der Waals surface area (Å²) in [4.78, 5) is 8.46. The lowest BCUT2D eigenvalue weighted by molar-refractivity contribution is -0.132. The van der Waals surface area contributed by atoms with E-state index >= 15 is 0 Å². The molecule has 1 aliphatic heterocycles. The molecule has 1 N–H and O–H groups in total. The van der Waals surface area contributed by atoms with Crippen molar-refractivity contribution < 1.29 is 13.2 Å². The summed E-state index contributed by atoms with van der Waals surface area (Å²) in [5.74, 6) is 0.567. The molecule has 26 heavy (non-hydrogen) atoms. The molecule has 1 aromatic carbocycles. The van der Waals surface area contributed by atoms with Crippen LogP contribution in [0, 0.1) is 0 Å². The first-order valence-electron chi connectivity index (χ1n) is 8.44. The summed E-state index contributed by atoms with van der Waals surface area (Å²) >= 11 is 5.90. The van der Waals surface area contributed by atoms with Gasteiger partial charge in [0.15, 0.2) is 5.96 Å². The van der Waals surface area contributed by atoms with Crippen LogP contribution in [0.4, 0.5) is 13.2 Å². The number of piperazine rings is 1. The minimum absolute atomic E-state index is 0. The summed E-state index contributed by atoms with van der Waals surface area (Å²) in [5, 5.41) is 3.81. The number of alkyl halides is 3. The molecular weight excluding hydrogens is 480 g/mol. The van der Waals surface area contributed by atoms with Gasteiger partial charge < -0.3 is 10.2 Å². The van der Waals surface area contributed by atoms with Crippen molar-refractivity contribution in [3.63, 3.8) is 0 Å². The predicted octanol–water partition coefficient (Wildman–Crippen LogP) is 3.99. The van der Waals surface area contributed by atoms with Crippen LogP contribution in [0.3, 0.4) is 0 Å². The SMILES string of the molecule is CCNC(=NCCC(F)(F)F)N1CCN(Cc2ccc(Cl)cc2)CC1.I. The minimum Gasteiger partial charge on any atom is -0.357 e. The normalized spacial score (nSPS) is 16.3. The number of hydrogen-bond donors (Lipinski definition) is 1. The van der Waals surface area contributed by atoms with Gasteiger partial charge in [-0.1, -0.05) is 23.7 Å². The van der Waals surface area contributed by atoms with Crippen molar-refractivity contribution in [1.29, 1.82) is 0 Å². The highest BCUT2D eigenvalue weighted by Crippen LogP contribution is 2.19. The van der Waals surface area contributed by atoms with Gasteiger partial charge in [-0.3, -0.25) is 9.89 Å². The average Bonchev–Trinajstić information content (AvgIpc) is 2.56. The molecule has 9 heteroatoms. The number of nitrogens with one attached hydrogen (secondary N) is 1. The number of hydrogen-bond acceptors (Lipinski definition) is 2. The van der Waals surface area contributed by atoms with Crippen LogP contribution in [-0.4, -0.2) is 61.2 Å². The second-order valence-electron chi connectivity index (χ2n) is 5.99. The van der Waals surface area contributed by atoms with Crippen LogP contribution in [0.2, 0.25) is 5.02 Å². The van der Waals surface area contributed by atoms with E-state index in [1.54, 1.807) is 0 Å². The van der Waals surface area contributed by atoms with Crippen LogP contribution in [0.5, 0.6) is 0 Å². The molecular formula is C17H25ClF3IN4. The van der Waals surface area contributed by atoms with Crippen molar-refractivity contribution in [2.45, 2.75) is 26.1 Å². The maximum absolute atomic E-state index is 12.3. The third-order valence-electron chi connectivity index (χ3n) is 3.98. The number of guanidine groups is 1. The fourth-order valence-corrected chi connectivity index (χ4v) is 2.81. The van der Waals surface area contributed by atoms with Crippen molar-refractivity contribution in [2.75, 3.05) is 39.3 Å². The summed E-state index contributed by atoms with van der Waals surface area (Å²) in [7, 11) is 0. The molecule has 1 aromatic rings. The van der Waals surface area contributed by atoms with E-state index in [9.17, 15) is 13.2 Å². The molecule has 0 aromatic heterocycles. The monoisotopic (exact) mass is 504 g/mol. The largest absolute Gasteiger partial charge is 0.390 e. The molecule has 0 radical (unpaired) electrons. The van der Waals surface area contributed by atoms with E-state index in [2.05, 4.69) is 15.2 Å². The standard InChI is InChI=1S/C17H24ClF3N4.HI/c1-2-22-16(23-8-7-17(19,20)21)25-11-9-24(10-12-25)13-14-3-5-15(18)6-4-14;/h3-6H,2,7-13H2,1H3,(H,22,23);1H. The fourth-order valence-electron chi connectivity index (χ4n) is 2.68. The molecule has 1 saturated heterocycles. The van der Waals surface area contributed by atoms with Gasteiger partial charge in [0.25, 0.3) is 0 Å². The molecule has 4 nitrogen and oxygen atoms in total. The smallest absolute Gasteiger partial charge is 0.357 e. The summed E-state index contributed by atoms with van der Waals surface area (Å²) in [5.41, 5.74) is 1.20. The van der Waals surface area contributed by atoms with Crippen molar-refractivity contribution in [1.82, 2.24) is 15.1 Å². The number of benzene rings is 1. The van der Waals surface area contributed by atoms with E-state index in [4.69, 9.17) is 11.6 Å². The molecule has 1 heterocycles. The van der Waals surface area contributed by atoms with Gasteiger partial charge in [0, 0.05) is 44.3 Å². The Hall–Kier alpha value is -0.740. The van der Waals surface area contributed by atoms with Gasteiger partial charge in [-0.25, -0.2) is 0 Å². The van der Waals surface area contributed by atoms with Crippen molar-refractivity contribution >= 4 is 41.5 Å². The van der Waals surface area contributed by atoms with E-state index in [1.807, 2.05) is 36.1 Å². The zero-order valence-corrected chi connectivity index (χ0v) is 17.8. The van der Waals surface area contributed by atoms with Crippen molar-refractivity contribution in [2.24, 2.45) is 4.99 Å². The Morgan fingerprint density at radius 2 is 1.77 bits per heavy atom. The average molecular weight is 505 g/mol. The van der Waals surface area contributed by atoms with Gasteiger partial charge in [-0.05, 0) is 24.6 Å². The molecule has 1 fully saturated rings. The summed E-state index contributed by atoms with van der Waals surface area (Å²) < 4.78 is 36.9. The minimum atomic E-state index is -4.17. The van der Waals surface area contributed by atoms with Crippen LogP contribution in [0.25, 0.3) is 0 Å². The molecule has 0 spiro atoms. The maximum Gasteiger partial charge on any atom is 0.390 e. The van der Waals surface area contributed by atoms with Gasteiger partial charge in [0.1, 0.15) is 0 Å². The zero-order chi connectivity index (χ0) is 18.3. The number of halogens is 5. The van der Waals surface area contributed by atoms with E-state index in [-0.39, 0.29) is 30.5 Å². The van der Waals surface area contributed by atoms with Crippen LogP contribution in [0.15, 0.2) is 29.3 Å². The number of nitrogens with zero attached hydrogens (tertiary/aromatic N) is 3. The molecule has 0 unspecified atom stereocenters. The summed E-state index contributed by atoms with van der Waals surface area (Å²) in [6.07, 6.45) is -5.06.